The molecule has 1 fully saturated rings. The van der Waals surface area contributed by atoms with E-state index in [4.69, 9.17) is 16.3 Å². The molecular weight excluding hydrogens is 264 g/mol. The normalized spacial score (nSPS) is 20.5. The first kappa shape index (κ1) is 14.4. The van der Waals surface area contributed by atoms with Crippen molar-refractivity contribution in [1.29, 1.82) is 0 Å². The summed E-state index contributed by atoms with van der Waals surface area (Å²) in [4.78, 5) is 2.69. The summed E-state index contributed by atoms with van der Waals surface area (Å²) in [5.74, 6) is 0. The molecule has 1 saturated carbocycles. The highest BCUT2D eigenvalue weighted by Crippen LogP contribution is 2.45. The lowest BCUT2D eigenvalue weighted by Crippen LogP contribution is -2.39. The lowest BCUT2D eigenvalue weighted by molar-refractivity contribution is -0.0778. The van der Waals surface area contributed by atoms with Crippen molar-refractivity contribution in [2.75, 3.05) is 7.11 Å². The molecule has 3 heteroatoms. The molecule has 18 heavy (non-hydrogen) atoms. The summed E-state index contributed by atoms with van der Waals surface area (Å²) in [5, 5.41) is 0.0892. The third-order valence-corrected chi connectivity index (χ3v) is 6.07. The van der Waals surface area contributed by atoms with Crippen LogP contribution < -0.4 is 0 Å². The fourth-order valence-corrected chi connectivity index (χ4v) is 3.95. The van der Waals surface area contributed by atoms with Gasteiger partial charge in [-0.15, -0.1) is 22.9 Å². The van der Waals surface area contributed by atoms with Gasteiger partial charge in [-0.1, -0.05) is 20.8 Å². The minimum Gasteiger partial charge on any atom is -0.378 e. The molecule has 102 valence electrons. The summed E-state index contributed by atoms with van der Waals surface area (Å²) in [7, 11) is 1.82. The molecule has 0 aliphatic heterocycles. The minimum absolute atomic E-state index is 0.0539. The van der Waals surface area contributed by atoms with Gasteiger partial charge in [-0.25, -0.2) is 0 Å². The molecule has 0 amide bonds. The molecule has 0 spiro atoms. The zero-order valence-electron chi connectivity index (χ0n) is 11.8. The molecule has 1 aromatic rings. The fourth-order valence-electron chi connectivity index (χ4n) is 2.41. The van der Waals surface area contributed by atoms with Gasteiger partial charge < -0.3 is 4.74 Å². The Morgan fingerprint density at radius 3 is 2.44 bits per heavy atom. The smallest absolute Gasteiger partial charge is 0.0706 e. The molecule has 1 nitrogen and oxygen atoms in total. The topological polar surface area (TPSA) is 9.23 Å². The van der Waals surface area contributed by atoms with Gasteiger partial charge in [0.15, 0.2) is 0 Å². The lowest BCUT2D eigenvalue weighted by Gasteiger charge is -2.41. The number of ether oxygens (including phenoxy) is 1. The Morgan fingerprint density at radius 1 is 1.39 bits per heavy atom. The Balaban J connectivity index is 2.05. The molecule has 0 aromatic carbocycles. The second-order valence-electron chi connectivity index (χ2n) is 6.36. The van der Waals surface area contributed by atoms with E-state index >= 15 is 0 Å². The summed E-state index contributed by atoms with van der Waals surface area (Å²) in [6.07, 6.45) is 4.53. The van der Waals surface area contributed by atoms with Crippen molar-refractivity contribution in [3.8, 4) is 0 Å². The van der Waals surface area contributed by atoms with E-state index in [1.165, 1.54) is 16.2 Å². The first-order valence-electron chi connectivity index (χ1n) is 6.66. The Morgan fingerprint density at radius 2 is 2.06 bits per heavy atom. The maximum atomic E-state index is 6.58. The van der Waals surface area contributed by atoms with Gasteiger partial charge in [-0.05, 0) is 43.2 Å². The van der Waals surface area contributed by atoms with E-state index < -0.39 is 0 Å². The number of hydrogen-bond acceptors (Lipinski definition) is 2. The van der Waals surface area contributed by atoms with Gasteiger partial charge in [0, 0.05) is 16.9 Å². The van der Waals surface area contributed by atoms with Crippen LogP contribution in [0.25, 0.3) is 0 Å². The number of methoxy groups -OCH3 is 1. The Hall–Kier alpha value is -0.0500. The van der Waals surface area contributed by atoms with E-state index in [2.05, 4.69) is 32.9 Å². The first-order chi connectivity index (χ1) is 8.36. The van der Waals surface area contributed by atoms with Crippen molar-refractivity contribution < 1.29 is 4.74 Å². The zero-order valence-corrected chi connectivity index (χ0v) is 13.3. The average Bonchev–Trinajstić information content (AvgIpc) is 2.71. The van der Waals surface area contributed by atoms with Gasteiger partial charge in [-0.2, -0.15) is 0 Å². The third-order valence-electron chi connectivity index (χ3n) is 3.92. The molecule has 1 aliphatic carbocycles. The molecule has 1 aliphatic rings. The van der Waals surface area contributed by atoms with Gasteiger partial charge in [0.05, 0.1) is 11.0 Å². The van der Waals surface area contributed by atoms with Crippen molar-refractivity contribution in [3.05, 3.63) is 21.9 Å². The van der Waals surface area contributed by atoms with Crippen LogP contribution in [0.1, 0.15) is 61.6 Å². The van der Waals surface area contributed by atoms with Crippen LogP contribution >= 0.6 is 22.9 Å². The SMILES string of the molecule is COC1(CC(Cl)c2ccc(C(C)(C)C)s2)CCC1. The van der Waals surface area contributed by atoms with Crippen LogP contribution in [-0.4, -0.2) is 12.7 Å². The quantitative estimate of drug-likeness (QED) is 0.684. The Labute approximate surface area is 119 Å². The van der Waals surface area contributed by atoms with Crippen LogP contribution in [-0.2, 0) is 10.2 Å². The fraction of sp³-hybridized carbons (Fsp3) is 0.733. The van der Waals surface area contributed by atoms with E-state index in [1.807, 2.05) is 18.4 Å². The molecule has 0 N–H and O–H groups in total. The van der Waals surface area contributed by atoms with Crippen LogP contribution in [0, 0.1) is 0 Å². The number of alkyl halides is 1. The van der Waals surface area contributed by atoms with Crippen LogP contribution in [0.5, 0.6) is 0 Å². The molecule has 1 aromatic heterocycles. The molecule has 1 atom stereocenters. The van der Waals surface area contributed by atoms with Gasteiger partial charge in [0.25, 0.3) is 0 Å². The van der Waals surface area contributed by atoms with Crippen molar-refractivity contribution >= 4 is 22.9 Å². The van der Waals surface area contributed by atoms with Crippen LogP contribution in [0.2, 0.25) is 0 Å². The van der Waals surface area contributed by atoms with Crippen LogP contribution in [0.3, 0.4) is 0 Å². The highest BCUT2D eigenvalue weighted by Gasteiger charge is 2.39. The number of halogens is 1. The van der Waals surface area contributed by atoms with Gasteiger partial charge in [-0.3, -0.25) is 0 Å². The second kappa shape index (κ2) is 5.15. The molecule has 0 saturated heterocycles. The van der Waals surface area contributed by atoms with E-state index in [9.17, 15) is 0 Å². The van der Waals surface area contributed by atoms with Gasteiger partial charge in [0.2, 0.25) is 0 Å². The highest BCUT2D eigenvalue weighted by atomic mass is 35.5. The molecule has 2 rings (SSSR count). The summed E-state index contributed by atoms with van der Waals surface area (Å²) < 4.78 is 5.66. The summed E-state index contributed by atoms with van der Waals surface area (Å²) in [6, 6.07) is 4.40. The van der Waals surface area contributed by atoms with Gasteiger partial charge in [0.1, 0.15) is 0 Å². The maximum Gasteiger partial charge on any atom is 0.0706 e. The molecule has 0 bridgehead atoms. The van der Waals surface area contributed by atoms with Gasteiger partial charge >= 0.3 is 0 Å². The van der Waals surface area contributed by atoms with Crippen molar-refractivity contribution in [1.82, 2.24) is 0 Å². The zero-order chi connectivity index (χ0) is 13.4. The van der Waals surface area contributed by atoms with Crippen LogP contribution in [0.4, 0.5) is 0 Å². The van der Waals surface area contributed by atoms with Crippen molar-refractivity contribution in [2.24, 2.45) is 0 Å². The minimum atomic E-state index is 0.0539. The predicted octanol–water partition coefficient (Wildman–Crippen LogP) is 5.28. The second-order valence-corrected chi connectivity index (χ2v) is 8.01. The average molecular weight is 287 g/mol. The Kier molecular flexibility index (Phi) is 4.10. The number of hydrogen-bond donors (Lipinski definition) is 0. The van der Waals surface area contributed by atoms with Crippen molar-refractivity contribution in [3.63, 3.8) is 0 Å². The first-order valence-corrected chi connectivity index (χ1v) is 7.91. The Bertz CT molecular complexity index is 395. The van der Waals surface area contributed by atoms with Crippen LogP contribution in [0.15, 0.2) is 12.1 Å². The maximum absolute atomic E-state index is 6.58. The summed E-state index contributed by atoms with van der Waals surface area (Å²) >= 11 is 8.42. The van der Waals surface area contributed by atoms with E-state index in [1.54, 1.807) is 0 Å². The monoisotopic (exact) mass is 286 g/mol. The highest BCUT2D eigenvalue weighted by molar-refractivity contribution is 7.12. The summed E-state index contributed by atoms with van der Waals surface area (Å²) in [6.45, 7) is 6.73. The lowest BCUT2D eigenvalue weighted by atomic mass is 9.76. The predicted molar refractivity (Wildman–Crippen MR) is 79.8 cm³/mol. The van der Waals surface area contributed by atoms with E-state index in [0.29, 0.717) is 0 Å². The number of thiophene rings is 1. The summed E-state index contributed by atoms with van der Waals surface area (Å²) in [5.41, 5.74) is 0.271. The molecular formula is C15H23ClOS. The van der Waals surface area contributed by atoms with E-state index in [0.717, 1.165) is 19.3 Å². The molecule has 1 heterocycles. The molecule has 1 unspecified atom stereocenters. The molecule has 0 radical (unpaired) electrons. The largest absolute Gasteiger partial charge is 0.378 e. The van der Waals surface area contributed by atoms with Crippen molar-refractivity contribution in [2.45, 2.75) is 62.8 Å². The van der Waals surface area contributed by atoms with E-state index in [-0.39, 0.29) is 16.4 Å². The number of rotatable bonds is 4. The standard InChI is InChI=1S/C15H23ClOS/c1-14(2,3)13-7-6-12(18-13)11(16)10-15(17-4)8-5-9-15/h6-7,11H,5,8-10H2,1-4H3. The third kappa shape index (κ3) is 2.92.